The van der Waals surface area contributed by atoms with Crippen LogP contribution < -0.4 is 5.73 Å². The Morgan fingerprint density at radius 3 is 2.83 bits per heavy atom. The van der Waals surface area contributed by atoms with Gasteiger partial charge in [0.2, 0.25) is 5.89 Å². The molecule has 1 saturated carbocycles. The average Bonchev–Trinajstić information content (AvgIpc) is 2.32. The second-order valence-electron chi connectivity index (χ2n) is 3.52. The number of rotatable bonds is 2. The molecule has 3 heteroatoms. The van der Waals surface area contributed by atoms with E-state index in [2.05, 4.69) is 4.98 Å². The monoisotopic (exact) mass is 166 g/mol. The van der Waals surface area contributed by atoms with E-state index in [9.17, 15) is 0 Å². The number of nitrogens with zero attached hydrogens (tertiary/aromatic N) is 1. The summed E-state index contributed by atoms with van der Waals surface area (Å²) < 4.78 is 5.51. The van der Waals surface area contributed by atoms with Crippen LogP contribution in [0.4, 0.5) is 0 Å². The van der Waals surface area contributed by atoms with Crippen LogP contribution >= 0.6 is 0 Å². The third-order valence-electron chi connectivity index (χ3n) is 2.44. The molecule has 0 aliphatic heterocycles. The van der Waals surface area contributed by atoms with Crippen LogP contribution in [0.1, 0.15) is 49.8 Å². The molecule has 1 aliphatic rings. The van der Waals surface area contributed by atoms with Gasteiger partial charge in [-0.1, -0.05) is 6.42 Å². The molecule has 1 fully saturated rings. The molecule has 1 heterocycles. The standard InChI is InChI=1S/C9H14N2O/c1-6(10)9-11-5-8(12-9)7-3-2-4-7/h5-7H,2-4,10H2,1H3. The molecule has 0 saturated heterocycles. The molecule has 12 heavy (non-hydrogen) atoms. The van der Waals surface area contributed by atoms with E-state index >= 15 is 0 Å². The van der Waals surface area contributed by atoms with Crippen molar-refractivity contribution in [2.24, 2.45) is 5.73 Å². The van der Waals surface area contributed by atoms with Crippen molar-refractivity contribution in [3.63, 3.8) is 0 Å². The lowest BCUT2D eigenvalue weighted by atomic mass is 9.84. The predicted molar refractivity (Wildman–Crippen MR) is 45.7 cm³/mol. The molecule has 2 rings (SSSR count). The van der Waals surface area contributed by atoms with Gasteiger partial charge in [-0.2, -0.15) is 0 Å². The Kier molecular flexibility index (Phi) is 1.89. The highest BCUT2D eigenvalue weighted by Crippen LogP contribution is 2.36. The van der Waals surface area contributed by atoms with Gasteiger partial charge >= 0.3 is 0 Å². The molecule has 0 spiro atoms. The first-order valence-corrected chi connectivity index (χ1v) is 4.48. The summed E-state index contributed by atoms with van der Waals surface area (Å²) in [5.74, 6) is 2.30. The zero-order valence-electron chi connectivity index (χ0n) is 7.29. The Morgan fingerprint density at radius 2 is 2.42 bits per heavy atom. The van der Waals surface area contributed by atoms with Crippen molar-refractivity contribution in [1.82, 2.24) is 4.98 Å². The molecule has 0 radical (unpaired) electrons. The number of oxazole rings is 1. The van der Waals surface area contributed by atoms with Gasteiger partial charge in [-0.05, 0) is 19.8 Å². The van der Waals surface area contributed by atoms with Crippen molar-refractivity contribution in [2.75, 3.05) is 0 Å². The van der Waals surface area contributed by atoms with Gasteiger partial charge in [0.15, 0.2) is 0 Å². The fourth-order valence-electron chi connectivity index (χ4n) is 1.39. The molecule has 1 unspecified atom stereocenters. The molecular formula is C9H14N2O. The number of hydrogen-bond donors (Lipinski definition) is 1. The van der Waals surface area contributed by atoms with Crippen LogP contribution in [0.25, 0.3) is 0 Å². The SMILES string of the molecule is CC(N)c1ncc(C2CCC2)o1. The predicted octanol–water partition coefficient (Wildman–Crippen LogP) is 1.96. The fraction of sp³-hybridized carbons (Fsp3) is 0.667. The second kappa shape index (κ2) is 2.90. The zero-order chi connectivity index (χ0) is 8.55. The maximum absolute atomic E-state index is 5.63. The molecule has 1 atom stereocenters. The van der Waals surface area contributed by atoms with Crippen LogP contribution in [0.5, 0.6) is 0 Å². The van der Waals surface area contributed by atoms with Crippen molar-refractivity contribution < 1.29 is 4.42 Å². The minimum Gasteiger partial charge on any atom is -0.444 e. The molecule has 66 valence electrons. The van der Waals surface area contributed by atoms with Gasteiger partial charge in [-0.25, -0.2) is 4.98 Å². The lowest BCUT2D eigenvalue weighted by Crippen LogP contribution is -2.08. The van der Waals surface area contributed by atoms with Crippen LogP contribution in [-0.2, 0) is 0 Å². The number of hydrogen-bond acceptors (Lipinski definition) is 3. The van der Waals surface area contributed by atoms with Crippen LogP contribution in [0, 0.1) is 0 Å². The summed E-state index contributed by atoms with van der Waals surface area (Å²) in [5, 5.41) is 0. The quantitative estimate of drug-likeness (QED) is 0.730. The van der Waals surface area contributed by atoms with E-state index in [1.165, 1.54) is 19.3 Å². The Morgan fingerprint density at radius 1 is 1.67 bits per heavy atom. The third-order valence-corrected chi connectivity index (χ3v) is 2.44. The molecule has 1 aliphatic carbocycles. The van der Waals surface area contributed by atoms with E-state index in [4.69, 9.17) is 10.2 Å². The van der Waals surface area contributed by atoms with E-state index in [0.29, 0.717) is 11.8 Å². The fourth-order valence-corrected chi connectivity index (χ4v) is 1.39. The lowest BCUT2D eigenvalue weighted by Gasteiger charge is -2.22. The summed E-state index contributed by atoms with van der Waals surface area (Å²) >= 11 is 0. The molecule has 2 N–H and O–H groups in total. The minimum absolute atomic E-state index is 0.0844. The summed E-state index contributed by atoms with van der Waals surface area (Å²) in [4.78, 5) is 4.13. The van der Waals surface area contributed by atoms with Crippen LogP contribution in [0.3, 0.4) is 0 Å². The van der Waals surface area contributed by atoms with Gasteiger partial charge in [0.05, 0.1) is 12.2 Å². The summed E-state index contributed by atoms with van der Waals surface area (Å²) in [6.45, 7) is 1.89. The first-order valence-electron chi connectivity index (χ1n) is 4.48. The third kappa shape index (κ3) is 1.25. The van der Waals surface area contributed by atoms with E-state index in [-0.39, 0.29) is 6.04 Å². The summed E-state index contributed by atoms with van der Waals surface area (Å²) in [6.07, 6.45) is 5.63. The topological polar surface area (TPSA) is 52.0 Å². The first kappa shape index (κ1) is 7.80. The summed E-state index contributed by atoms with van der Waals surface area (Å²) in [5.41, 5.74) is 5.63. The molecule has 1 aromatic heterocycles. The number of aromatic nitrogens is 1. The smallest absolute Gasteiger partial charge is 0.211 e. The highest BCUT2D eigenvalue weighted by Gasteiger charge is 2.23. The molecule has 0 bridgehead atoms. The van der Waals surface area contributed by atoms with E-state index in [1.807, 2.05) is 13.1 Å². The molecule has 0 amide bonds. The van der Waals surface area contributed by atoms with Crippen molar-refractivity contribution >= 4 is 0 Å². The van der Waals surface area contributed by atoms with Crippen LogP contribution in [0.15, 0.2) is 10.6 Å². The minimum atomic E-state index is -0.0844. The normalized spacial score (nSPS) is 20.5. The number of nitrogens with two attached hydrogens (primary N) is 1. The van der Waals surface area contributed by atoms with E-state index in [1.54, 1.807) is 0 Å². The zero-order valence-corrected chi connectivity index (χ0v) is 7.29. The summed E-state index contributed by atoms with van der Waals surface area (Å²) in [6, 6.07) is -0.0844. The maximum Gasteiger partial charge on any atom is 0.211 e. The molecular weight excluding hydrogens is 152 g/mol. The summed E-state index contributed by atoms with van der Waals surface area (Å²) in [7, 11) is 0. The van der Waals surface area contributed by atoms with Gasteiger partial charge in [-0.15, -0.1) is 0 Å². The largest absolute Gasteiger partial charge is 0.444 e. The highest BCUT2D eigenvalue weighted by atomic mass is 16.4. The van der Waals surface area contributed by atoms with Crippen molar-refractivity contribution in [3.05, 3.63) is 17.8 Å². The van der Waals surface area contributed by atoms with E-state index in [0.717, 1.165) is 5.76 Å². The van der Waals surface area contributed by atoms with Gasteiger partial charge in [0.25, 0.3) is 0 Å². The highest BCUT2D eigenvalue weighted by molar-refractivity contribution is 5.06. The van der Waals surface area contributed by atoms with Gasteiger partial charge in [0, 0.05) is 5.92 Å². The van der Waals surface area contributed by atoms with Gasteiger partial charge in [-0.3, -0.25) is 0 Å². The van der Waals surface area contributed by atoms with Crippen molar-refractivity contribution in [1.29, 1.82) is 0 Å². The Hall–Kier alpha value is -0.830. The average molecular weight is 166 g/mol. The molecule has 3 nitrogen and oxygen atoms in total. The second-order valence-corrected chi connectivity index (χ2v) is 3.52. The lowest BCUT2D eigenvalue weighted by molar-refractivity contribution is 0.328. The maximum atomic E-state index is 5.63. The van der Waals surface area contributed by atoms with Gasteiger partial charge < -0.3 is 10.2 Å². The Bertz CT molecular complexity index is 263. The van der Waals surface area contributed by atoms with Crippen LogP contribution in [-0.4, -0.2) is 4.98 Å². The molecule has 1 aromatic rings. The Labute approximate surface area is 72.0 Å². The van der Waals surface area contributed by atoms with E-state index < -0.39 is 0 Å². The van der Waals surface area contributed by atoms with Crippen LogP contribution in [0.2, 0.25) is 0 Å². The molecule has 0 aromatic carbocycles. The van der Waals surface area contributed by atoms with Crippen molar-refractivity contribution in [3.8, 4) is 0 Å². The Balaban J connectivity index is 2.12. The first-order chi connectivity index (χ1) is 5.77. The van der Waals surface area contributed by atoms with Gasteiger partial charge in [0.1, 0.15) is 5.76 Å². The van der Waals surface area contributed by atoms with Crippen molar-refractivity contribution in [2.45, 2.75) is 38.1 Å².